The molecule has 0 bridgehead atoms. The molecule has 2 aliphatic rings. The molecule has 0 aromatic heterocycles. The van der Waals surface area contributed by atoms with Gasteiger partial charge in [0.05, 0.1) is 0 Å². The normalized spacial score (nSPS) is 29.2. The maximum absolute atomic E-state index is 12.4. The molecule has 17 heavy (non-hydrogen) atoms. The molecule has 2 rings (SSSR count). The lowest BCUT2D eigenvalue weighted by Crippen LogP contribution is -2.56. The van der Waals surface area contributed by atoms with Gasteiger partial charge in [-0.2, -0.15) is 0 Å². The number of carbonyl (C=O) groups excluding carboxylic acids is 1. The number of nitrogens with zero attached hydrogens (tertiary/aromatic N) is 3. The third-order valence-corrected chi connectivity index (χ3v) is 3.85. The van der Waals surface area contributed by atoms with E-state index < -0.39 is 5.41 Å². The summed E-state index contributed by atoms with van der Waals surface area (Å²) in [6, 6.07) is 0.185. The number of piperazine rings is 1. The van der Waals surface area contributed by atoms with Crippen LogP contribution in [-0.2, 0) is 4.79 Å². The van der Waals surface area contributed by atoms with Gasteiger partial charge in [-0.1, -0.05) is 5.16 Å². The lowest BCUT2D eigenvalue weighted by atomic mass is 10.0. The van der Waals surface area contributed by atoms with E-state index in [4.69, 9.17) is 10.9 Å². The van der Waals surface area contributed by atoms with Crippen LogP contribution in [0.3, 0.4) is 0 Å². The SMILES string of the molecule is CC1CN(C)CCN1C(=O)C1(C(N)=NO)CC1. The summed E-state index contributed by atoms with van der Waals surface area (Å²) in [6.45, 7) is 4.51. The molecule has 1 aliphatic carbocycles. The Morgan fingerprint density at radius 2 is 2.12 bits per heavy atom. The summed E-state index contributed by atoms with van der Waals surface area (Å²) in [5.41, 5.74) is 4.93. The topological polar surface area (TPSA) is 82.2 Å². The van der Waals surface area contributed by atoms with Gasteiger partial charge < -0.3 is 20.7 Å². The Balaban J connectivity index is 2.11. The van der Waals surface area contributed by atoms with Gasteiger partial charge in [0.15, 0.2) is 5.84 Å². The van der Waals surface area contributed by atoms with Gasteiger partial charge in [-0.25, -0.2) is 0 Å². The minimum absolute atomic E-state index is 0.0217. The fraction of sp³-hybridized carbons (Fsp3) is 0.818. The Labute approximate surface area is 101 Å². The van der Waals surface area contributed by atoms with Crippen LogP contribution in [0.5, 0.6) is 0 Å². The zero-order chi connectivity index (χ0) is 12.6. The van der Waals surface area contributed by atoms with Crippen LogP contribution in [-0.4, -0.2) is 59.5 Å². The van der Waals surface area contributed by atoms with E-state index in [1.54, 1.807) is 0 Å². The predicted molar refractivity (Wildman–Crippen MR) is 63.7 cm³/mol. The zero-order valence-corrected chi connectivity index (χ0v) is 10.4. The second-order valence-corrected chi connectivity index (χ2v) is 5.18. The van der Waals surface area contributed by atoms with E-state index in [0.29, 0.717) is 12.8 Å². The summed E-state index contributed by atoms with van der Waals surface area (Å²) in [6.07, 6.45) is 1.39. The minimum atomic E-state index is -0.709. The van der Waals surface area contributed by atoms with Crippen LogP contribution in [0.2, 0.25) is 0 Å². The van der Waals surface area contributed by atoms with Crippen molar-refractivity contribution >= 4 is 11.7 Å². The Hall–Kier alpha value is -1.30. The van der Waals surface area contributed by atoms with E-state index in [9.17, 15) is 4.79 Å². The van der Waals surface area contributed by atoms with E-state index in [1.165, 1.54) is 0 Å². The van der Waals surface area contributed by atoms with Crippen molar-refractivity contribution in [3.63, 3.8) is 0 Å². The van der Waals surface area contributed by atoms with E-state index in [2.05, 4.69) is 17.1 Å². The molecule has 6 heteroatoms. The highest BCUT2D eigenvalue weighted by atomic mass is 16.4. The number of likely N-dealkylation sites (N-methyl/N-ethyl adjacent to an activating group) is 1. The predicted octanol–water partition coefficient (Wildman–Crippen LogP) is -0.324. The van der Waals surface area contributed by atoms with Gasteiger partial charge >= 0.3 is 0 Å². The van der Waals surface area contributed by atoms with Gasteiger partial charge in [0, 0.05) is 25.7 Å². The molecule has 0 spiro atoms. The zero-order valence-electron chi connectivity index (χ0n) is 10.4. The maximum Gasteiger partial charge on any atom is 0.236 e. The molecule has 0 radical (unpaired) electrons. The fourth-order valence-electron chi connectivity index (χ4n) is 2.52. The number of carbonyl (C=O) groups is 1. The van der Waals surface area contributed by atoms with Gasteiger partial charge in [-0.15, -0.1) is 0 Å². The average molecular weight is 240 g/mol. The van der Waals surface area contributed by atoms with Crippen molar-refractivity contribution in [2.24, 2.45) is 16.3 Å². The Morgan fingerprint density at radius 3 is 2.59 bits per heavy atom. The number of amides is 1. The molecule has 6 nitrogen and oxygen atoms in total. The molecule has 1 amide bonds. The molecule has 96 valence electrons. The molecule has 1 unspecified atom stereocenters. The van der Waals surface area contributed by atoms with Gasteiger partial charge in [-0.3, -0.25) is 4.79 Å². The van der Waals surface area contributed by atoms with Gasteiger partial charge in [0.2, 0.25) is 5.91 Å². The van der Waals surface area contributed by atoms with E-state index >= 15 is 0 Å². The number of rotatable bonds is 2. The molecular formula is C11H20N4O2. The quantitative estimate of drug-likeness (QED) is 0.300. The van der Waals surface area contributed by atoms with Crippen LogP contribution < -0.4 is 5.73 Å². The summed E-state index contributed by atoms with van der Waals surface area (Å²) in [5.74, 6) is 0.0852. The summed E-state index contributed by atoms with van der Waals surface area (Å²) in [4.78, 5) is 16.5. The van der Waals surface area contributed by atoms with E-state index in [1.807, 2.05) is 11.8 Å². The van der Waals surface area contributed by atoms with Crippen LogP contribution in [0, 0.1) is 5.41 Å². The van der Waals surface area contributed by atoms with Crippen molar-refractivity contribution in [3.05, 3.63) is 0 Å². The minimum Gasteiger partial charge on any atom is -0.409 e. The lowest BCUT2D eigenvalue weighted by molar-refractivity contribution is -0.138. The molecule has 1 saturated carbocycles. The molecule has 0 aromatic carbocycles. The number of nitrogens with two attached hydrogens (primary N) is 1. The molecule has 1 aliphatic heterocycles. The molecule has 3 N–H and O–H groups in total. The lowest BCUT2D eigenvalue weighted by Gasteiger charge is -2.39. The van der Waals surface area contributed by atoms with Gasteiger partial charge in [-0.05, 0) is 26.8 Å². The Morgan fingerprint density at radius 1 is 1.47 bits per heavy atom. The van der Waals surface area contributed by atoms with Gasteiger partial charge in [0.25, 0.3) is 0 Å². The Kier molecular flexibility index (Phi) is 2.99. The first-order valence-electron chi connectivity index (χ1n) is 5.99. The largest absolute Gasteiger partial charge is 0.409 e. The maximum atomic E-state index is 12.4. The number of hydrogen-bond acceptors (Lipinski definition) is 4. The van der Waals surface area contributed by atoms with Crippen molar-refractivity contribution < 1.29 is 10.0 Å². The molecule has 2 fully saturated rings. The average Bonchev–Trinajstić information content (AvgIpc) is 3.08. The fourth-order valence-corrected chi connectivity index (χ4v) is 2.52. The van der Waals surface area contributed by atoms with Crippen LogP contribution >= 0.6 is 0 Å². The van der Waals surface area contributed by atoms with Crippen molar-refractivity contribution in [1.82, 2.24) is 9.80 Å². The second-order valence-electron chi connectivity index (χ2n) is 5.18. The summed E-state index contributed by atoms with van der Waals surface area (Å²) < 4.78 is 0. The molecule has 1 heterocycles. The van der Waals surface area contributed by atoms with E-state index in [-0.39, 0.29) is 17.8 Å². The number of hydrogen-bond donors (Lipinski definition) is 2. The standard InChI is InChI=1S/C11H20N4O2/c1-8-7-14(2)5-6-15(8)10(16)11(3-4-11)9(12)13-17/h8,17H,3-7H2,1-2H3,(H2,12,13). The first kappa shape index (κ1) is 12.2. The van der Waals surface area contributed by atoms with Crippen LogP contribution in [0.1, 0.15) is 19.8 Å². The van der Waals surface area contributed by atoms with Crippen molar-refractivity contribution in [3.8, 4) is 0 Å². The highest BCUT2D eigenvalue weighted by Gasteiger charge is 2.56. The summed E-state index contributed by atoms with van der Waals surface area (Å²) in [7, 11) is 2.05. The molecule has 0 aromatic rings. The molecule has 1 atom stereocenters. The summed E-state index contributed by atoms with van der Waals surface area (Å²) >= 11 is 0. The highest BCUT2D eigenvalue weighted by Crippen LogP contribution is 2.47. The van der Waals surface area contributed by atoms with Crippen molar-refractivity contribution in [2.45, 2.75) is 25.8 Å². The summed E-state index contributed by atoms with van der Waals surface area (Å²) in [5, 5.41) is 11.8. The molecular weight excluding hydrogens is 220 g/mol. The number of amidine groups is 1. The molecule has 1 saturated heterocycles. The van der Waals surface area contributed by atoms with Crippen LogP contribution in [0.4, 0.5) is 0 Å². The number of oxime groups is 1. The van der Waals surface area contributed by atoms with Gasteiger partial charge in [0.1, 0.15) is 5.41 Å². The van der Waals surface area contributed by atoms with Crippen LogP contribution in [0.15, 0.2) is 5.16 Å². The second kappa shape index (κ2) is 4.18. The van der Waals surface area contributed by atoms with E-state index in [0.717, 1.165) is 19.6 Å². The van der Waals surface area contributed by atoms with Crippen molar-refractivity contribution in [1.29, 1.82) is 0 Å². The highest BCUT2D eigenvalue weighted by molar-refractivity contribution is 6.09. The first-order valence-corrected chi connectivity index (χ1v) is 5.99. The third-order valence-electron chi connectivity index (χ3n) is 3.85. The first-order chi connectivity index (χ1) is 8.01. The monoisotopic (exact) mass is 240 g/mol. The Bertz CT molecular complexity index is 351. The van der Waals surface area contributed by atoms with Crippen molar-refractivity contribution in [2.75, 3.05) is 26.7 Å². The third kappa shape index (κ3) is 1.97. The van der Waals surface area contributed by atoms with Crippen LogP contribution in [0.25, 0.3) is 0 Å². The smallest absolute Gasteiger partial charge is 0.236 e.